The summed E-state index contributed by atoms with van der Waals surface area (Å²) in [4.78, 5) is 35.8. The van der Waals surface area contributed by atoms with Gasteiger partial charge < -0.3 is 29.5 Å². The van der Waals surface area contributed by atoms with Crippen LogP contribution < -0.4 is 19.9 Å². The molecule has 0 spiro atoms. The molecular weight excluding hydrogens is 571 g/mol. The molecule has 1 N–H and O–H groups in total. The Morgan fingerprint density at radius 3 is 2.44 bits per heavy atom. The van der Waals surface area contributed by atoms with Gasteiger partial charge in [-0.3, -0.25) is 14.6 Å². The summed E-state index contributed by atoms with van der Waals surface area (Å²) in [5.74, 6) is 0.164. The standard InChI is InChI=1S/C31H41FN6O4S/c1-3-29(43)33-19-26-21-38(31(40)42-26)24-6-9-28(27(32)18-24)36-14-16-37(17-15-36)30(39)22-41-25-7-4-23(5-8-25)20-35-12-10-34(2)11-13-35/h4-9,18,26H,3,10-17,19-22H2,1-2H3,(H,33,43). The van der Waals surface area contributed by atoms with E-state index < -0.39 is 11.9 Å². The van der Waals surface area contributed by atoms with E-state index in [9.17, 15) is 9.59 Å². The highest BCUT2D eigenvalue weighted by atomic mass is 32.1. The number of benzene rings is 2. The number of piperazine rings is 2. The zero-order chi connectivity index (χ0) is 30.3. The maximum atomic E-state index is 15.2. The summed E-state index contributed by atoms with van der Waals surface area (Å²) in [7, 11) is 2.15. The van der Waals surface area contributed by atoms with Gasteiger partial charge in [0.1, 0.15) is 17.7 Å². The number of halogens is 1. The maximum absolute atomic E-state index is 15.2. The van der Waals surface area contributed by atoms with Crippen LogP contribution in [0.5, 0.6) is 5.75 Å². The van der Waals surface area contributed by atoms with Gasteiger partial charge in [-0.25, -0.2) is 9.18 Å². The normalized spacial score (nSPS) is 19.8. The molecule has 10 nitrogen and oxygen atoms in total. The molecular formula is C31H41FN6O4S. The van der Waals surface area contributed by atoms with Crippen molar-refractivity contribution in [2.24, 2.45) is 0 Å². The van der Waals surface area contributed by atoms with Crippen molar-refractivity contribution in [2.45, 2.75) is 26.0 Å². The lowest BCUT2D eigenvalue weighted by atomic mass is 10.2. The predicted molar refractivity (Wildman–Crippen MR) is 168 cm³/mol. The van der Waals surface area contributed by atoms with Crippen LogP contribution in [0.25, 0.3) is 0 Å². The molecule has 3 aliphatic heterocycles. The molecule has 3 heterocycles. The molecule has 0 saturated carbocycles. The van der Waals surface area contributed by atoms with Crippen LogP contribution >= 0.6 is 12.2 Å². The second-order valence-electron chi connectivity index (χ2n) is 11.3. The molecule has 0 radical (unpaired) electrons. The van der Waals surface area contributed by atoms with E-state index in [2.05, 4.69) is 34.3 Å². The molecule has 5 rings (SSSR count). The molecule has 2 amide bonds. The highest BCUT2D eigenvalue weighted by Gasteiger charge is 2.33. The topological polar surface area (TPSA) is 80.8 Å². The van der Waals surface area contributed by atoms with Crippen molar-refractivity contribution in [3.05, 3.63) is 53.8 Å². The quantitative estimate of drug-likeness (QED) is 0.408. The van der Waals surface area contributed by atoms with Crippen LogP contribution in [0.2, 0.25) is 0 Å². The van der Waals surface area contributed by atoms with E-state index in [-0.39, 0.29) is 18.6 Å². The van der Waals surface area contributed by atoms with Gasteiger partial charge in [-0.1, -0.05) is 31.3 Å². The zero-order valence-electron chi connectivity index (χ0n) is 25.0. The molecule has 1 atom stereocenters. The molecule has 232 valence electrons. The number of anilines is 2. The number of nitrogens with one attached hydrogen (secondary N) is 1. The van der Waals surface area contributed by atoms with Crippen molar-refractivity contribution >= 4 is 40.6 Å². The summed E-state index contributed by atoms with van der Waals surface area (Å²) in [6.07, 6.45) is -0.146. The Hall–Kier alpha value is -3.48. The smallest absolute Gasteiger partial charge is 0.414 e. The Labute approximate surface area is 258 Å². The minimum absolute atomic E-state index is 0.0342. The minimum atomic E-state index is -0.502. The van der Waals surface area contributed by atoms with E-state index in [1.807, 2.05) is 24.0 Å². The van der Waals surface area contributed by atoms with Crippen molar-refractivity contribution < 1.29 is 23.5 Å². The number of hydrogen-bond acceptors (Lipinski definition) is 8. The summed E-state index contributed by atoms with van der Waals surface area (Å²) >= 11 is 5.17. The lowest BCUT2D eigenvalue weighted by Gasteiger charge is -2.36. The van der Waals surface area contributed by atoms with E-state index in [0.717, 1.165) is 39.1 Å². The first-order chi connectivity index (χ1) is 20.8. The summed E-state index contributed by atoms with van der Waals surface area (Å²) in [6.45, 7) is 9.83. The van der Waals surface area contributed by atoms with Gasteiger partial charge in [0.05, 0.1) is 29.5 Å². The first-order valence-electron chi connectivity index (χ1n) is 15.0. The molecule has 0 bridgehead atoms. The molecule has 12 heteroatoms. The van der Waals surface area contributed by atoms with E-state index in [4.69, 9.17) is 21.7 Å². The third-order valence-corrected chi connectivity index (χ3v) is 8.66. The van der Waals surface area contributed by atoms with Gasteiger partial charge in [0.15, 0.2) is 6.61 Å². The Balaban J connectivity index is 1.06. The summed E-state index contributed by atoms with van der Waals surface area (Å²) in [5.41, 5.74) is 2.13. The zero-order valence-corrected chi connectivity index (χ0v) is 25.8. The fraction of sp³-hybridized carbons (Fsp3) is 0.516. The Morgan fingerprint density at radius 2 is 1.77 bits per heavy atom. The monoisotopic (exact) mass is 612 g/mol. The predicted octanol–water partition coefficient (Wildman–Crippen LogP) is 2.95. The van der Waals surface area contributed by atoms with Crippen LogP contribution in [0.15, 0.2) is 42.5 Å². The average molecular weight is 613 g/mol. The summed E-state index contributed by atoms with van der Waals surface area (Å²) in [5, 5.41) is 3.08. The van der Waals surface area contributed by atoms with Crippen molar-refractivity contribution in [3.63, 3.8) is 0 Å². The Bertz CT molecular complexity index is 1280. The largest absolute Gasteiger partial charge is 0.484 e. The molecule has 3 saturated heterocycles. The van der Waals surface area contributed by atoms with Gasteiger partial charge in [-0.2, -0.15) is 0 Å². The number of ether oxygens (including phenoxy) is 2. The number of carbonyl (C=O) groups is 2. The van der Waals surface area contributed by atoms with E-state index in [1.54, 1.807) is 17.0 Å². The van der Waals surface area contributed by atoms with Gasteiger partial charge in [-0.15, -0.1) is 0 Å². The first kappa shape index (κ1) is 31.0. The lowest BCUT2D eigenvalue weighted by molar-refractivity contribution is -0.133. The first-order valence-corrected chi connectivity index (χ1v) is 15.4. The number of nitrogens with zero attached hydrogens (tertiary/aromatic N) is 5. The molecule has 1 unspecified atom stereocenters. The number of carbonyl (C=O) groups excluding carboxylic acids is 2. The van der Waals surface area contributed by atoms with E-state index in [0.29, 0.717) is 61.4 Å². The van der Waals surface area contributed by atoms with Crippen LogP contribution in [0, 0.1) is 5.82 Å². The van der Waals surface area contributed by atoms with Crippen LogP contribution in [0.3, 0.4) is 0 Å². The van der Waals surface area contributed by atoms with Gasteiger partial charge in [0, 0.05) is 58.9 Å². The van der Waals surface area contributed by atoms with Gasteiger partial charge in [-0.05, 0) is 49.4 Å². The van der Waals surface area contributed by atoms with Crippen LogP contribution in [-0.2, 0) is 16.1 Å². The van der Waals surface area contributed by atoms with Crippen LogP contribution in [0.1, 0.15) is 18.9 Å². The highest BCUT2D eigenvalue weighted by molar-refractivity contribution is 7.80. The third kappa shape index (κ3) is 8.12. The minimum Gasteiger partial charge on any atom is -0.484 e. The number of rotatable bonds is 10. The number of thiocarbonyl (C=S) groups is 1. The van der Waals surface area contributed by atoms with Crippen LogP contribution in [-0.4, -0.2) is 117 Å². The van der Waals surface area contributed by atoms with Gasteiger partial charge in [0.2, 0.25) is 0 Å². The van der Waals surface area contributed by atoms with Gasteiger partial charge in [0.25, 0.3) is 5.91 Å². The SMILES string of the molecule is CCC(=S)NCC1CN(c2ccc(N3CCN(C(=O)COc4ccc(CN5CCN(C)CC5)cc4)CC3)c(F)c2)C(=O)O1. The molecule has 0 aliphatic carbocycles. The average Bonchev–Trinajstić information content (AvgIpc) is 3.40. The van der Waals surface area contributed by atoms with Crippen molar-refractivity contribution in [3.8, 4) is 5.75 Å². The van der Waals surface area contributed by atoms with Crippen LogP contribution in [0.4, 0.5) is 20.6 Å². The number of cyclic esters (lactones) is 1. The second-order valence-corrected chi connectivity index (χ2v) is 11.8. The summed E-state index contributed by atoms with van der Waals surface area (Å²) in [6, 6.07) is 12.7. The summed E-state index contributed by atoms with van der Waals surface area (Å²) < 4.78 is 26.4. The number of hydrogen-bond donors (Lipinski definition) is 1. The lowest BCUT2D eigenvalue weighted by Crippen LogP contribution is -2.50. The Morgan fingerprint density at radius 1 is 1.05 bits per heavy atom. The van der Waals surface area contributed by atoms with E-state index in [1.165, 1.54) is 16.5 Å². The van der Waals surface area contributed by atoms with Crippen molar-refractivity contribution in [1.82, 2.24) is 20.0 Å². The second kappa shape index (κ2) is 14.3. The molecule has 2 aromatic carbocycles. The molecule has 2 aromatic rings. The van der Waals surface area contributed by atoms with Crippen molar-refractivity contribution in [2.75, 3.05) is 88.9 Å². The highest BCUT2D eigenvalue weighted by Crippen LogP contribution is 2.28. The molecule has 3 aliphatic rings. The molecule has 0 aromatic heterocycles. The third-order valence-electron chi connectivity index (χ3n) is 8.23. The fourth-order valence-electron chi connectivity index (χ4n) is 5.50. The fourth-order valence-corrected chi connectivity index (χ4v) is 5.58. The molecule has 43 heavy (non-hydrogen) atoms. The Kier molecular flexibility index (Phi) is 10.3. The van der Waals surface area contributed by atoms with Gasteiger partial charge >= 0.3 is 6.09 Å². The number of amides is 2. The maximum Gasteiger partial charge on any atom is 0.414 e. The van der Waals surface area contributed by atoms with E-state index >= 15 is 4.39 Å². The number of likely N-dealkylation sites (N-methyl/N-ethyl adjacent to an activating group) is 1. The molecule has 3 fully saturated rings. The van der Waals surface area contributed by atoms with Crippen molar-refractivity contribution in [1.29, 1.82) is 0 Å².